The topological polar surface area (TPSA) is 79.3 Å². The number of hydrogen-bond acceptors (Lipinski definition) is 4. The van der Waals surface area contributed by atoms with E-state index in [-0.39, 0.29) is 10.7 Å². The van der Waals surface area contributed by atoms with Crippen LogP contribution in [0.25, 0.3) is 6.08 Å². The van der Waals surface area contributed by atoms with Crippen LogP contribution in [0.1, 0.15) is 28.8 Å². The Hall–Kier alpha value is -1.82. The normalized spacial score (nSPS) is 16.1. The Balaban J connectivity index is 1.99. The summed E-state index contributed by atoms with van der Waals surface area (Å²) >= 11 is 1.78. The number of carboxylic acids is 1. The van der Waals surface area contributed by atoms with Crippen molar-refractivity contribution < 1.29 is 14.7 Å². The van der Waals surface area contributed by atoms with E-state index in [4.69, 9.17) is 5.11 Å². The summed E-state index contributed by atoms with van der Waals surface area (Å²) in [7, 11) is 0. The Bertz CT molecular complexity index is 553. The highest BCUT2D eigenvalue weighted by Gasteiger charge is 2.41. The van der Waals surface area contributed by atoms with Gasteiger partial charge in [0.1, 0.15) is 0 Å². The fourth-order valence-electron chi connectivity index (χ4n) is 1.78. The molecule has 1 fully saturated rings. The zero-order valence-electron chi connectivity index (χ0n) is 11.1. The third-order valence-corrected chi connectivity index (χ3v) is 4.67. The molecule has 1 amide bonds. The third-order valence-electron chi connectivity index (χ3n) is 3.25. The van der Waals surface area contributed by atoms with E-state index in [1.54, 1.807) is 17.8 Å². The van der Waals surface area contributed by atoms with Crippen LogP contribution in [-0.4, -0.2) is 39.5 Å². The molecule has 0 unspecified atom stereocenters. The standard InChI is InChI=1S/C14H16N2O3S/c1-20-14(4-5-14)9-16-13(19)11-6-10(7-15-8-11)2-3-12(17)18/h2-3,6-8H,4-5,9H2,1H3,(H,16,19)(H,17,18)/b3-2+. The first-order valence-electron chi connectivity index (χ1n) is 6.24. The first kappa shape index (κ1) is 14.6. The maximum absolute atomic E-state index is 12.0. The summed E-state index contributed by atoms with van der Waals surface area (Å²) in [5.74, 6) is -1.21. The molecule has 0 aliphatic heterocycles. The number of amides is 1. The van der Waals surface area contributed by atoms with Crippen molar-refractivity contribution in [2.24, 2.45) is 0 Å². The fourth-order valence-corrected chi connectivity index (χ4v) is 2.50. The summed E-state index contributed by atoms with van der Waals surface area (Å²) < 4.78 is 0.212. The predicted octanol–water partition coefficient (Wildman–Crippen LogP) is 1.80. The van der Waals surface area contributed by atoms with Gasteiger partial charge in [-0.05, 0) is 36.8 Å². The summed E-state index contributed by atoms with van der Waals surface area (Å²) in [5, 5.41) is 11.5. The molecule has 1 aliphatic rings. The molecule has 5 nitrogen and oxygen atoms in total. The Morgan fingerprint density at radius 2 is 2.25 bits per heavy atom. The maximum atomic E-state index is 12.0. The number of aromatic nitrogens is 1. The van der Waals surface area contributed by atoms with Gasteiger partial charge in [-0.15, -0.1) is 0 Å². The van der Waals surface area contributed by atoms with E-state index in [0.717, 1.165) is 18.9 Å². The van der Waals surface area contributed by atoms with Crippen LogP contribution in [0, 0.1) is 0 Å². The Kier molecular flexibility index (Phi) is 4.44. The number of pyridine rings is 1. The number of hydrogen-bond donors (Lipinski definition) is 2. The first-order chi connectivity index (χ1) is 9.54. The molecule has 0 spiro atoms. The van der Waals surface area contributed by atoms with Gasteiger partial charge in [-0.25, -0.2) is 4.79 Å². The second-order valence-electron chi connectivity index (χ2n) is 4.75. The van der Waals surface area contributed by atoms with Crippen LogP contribution in [-0.2, 0) is 4.79 Å². The minimum atomic E-state index is -1.03. The molecule has 1 aromatic heterocycles. The van der Waals surface area contributed by atoms with Crippen molar-refractivity contribution in [2.75, 3.05) is 12.8 Å². The predicted molar refractivity (Wildman–Crippen MR) is 78.7 cm³/mol. The van der Waals surface area contributed by atoms with Gasteiger partial charge in [-0.1, -0.05) is 0 Å². The van der Waals surface area contributed by atoms with E-state index in [2.05, 4.69) is 16.6 Å². The Morgan fingerprint density at radius 3 is 2.85 bits per heavy atom. The second kappa shape index (κ2) is 6.09. The number of carbonyl (C=O) groups excluding carboxylic acids is 1. The van der Waals surface area contributed by atoms with Crippen LogP contribution >= 0.6 is 11.8 Å². The van der Waals surface area contributed by atoms with E-state index in [1.807, 2.05) is 0 Å². The van der Waals surface area contributed by atoms with Crippen molar-refractivity contribution >= 4 is 29.7 Å². The number of carbonyl (C=O) groups is 2. The minimum absolute atomic E-state index is 0.177. The van der Waals surface area contributed by atoms with E-state index in [1.165, 1.54) is 18.5 Å². The van der Waals surface area contributed by atoms with Gasteiger partial charge in [0.15, 0.2) is 0 Å². The molecular weight excluding hydrogens is 276 g/mol. The lowest BCUT2D eigenvalue weighted by Crippen LogP contribution is -2.31. The average Bonchev–Trinajstić information content (AvgIpc) is 3.23. The summed E-state index contributed by atoms with van der Waals surface area (Å²) in [6, 6.07) is 1.63. The SMILES string of the molecule is CSC1(CNC(=O)c2cncc(/C=C/C(=O)O)c2)CC1. The van der Waals surface area contributed by atoms with Crippen LogP contribution in [0.3, 0.4) is 0 Å². The van der Waals surface area contributed by atoms with Crippen molar-refractivity contribution in [3.05, 3.63) is 35.7 Å². The lowest BCUT2D eigenvalue weighted by molar-refractivity contribution is -0.131. The quantitative estimate of drug-likeness (QED) is 0.782. The summed E-state index contributed by atoms with van der Waals surface area (Å²) in [5.41, 5.74) is 1.03. The average molecular weight is 292 g/mol. The number of aliphatic carboxylic acids is 1. The van der Waals surface area contributed by atoms with Crippen LogP contribution in [0.2, 0.25) is 0 Å². The number of carboxylic acid groups (broad SMARTS) is 1. The van der Waals surface area contributed by atoms with Crippen molar-refractivity contribution in [1.29, 1.82) is 0 Å². The van der Waals surface area contributed by atoms with E-state index >= 15 is 0 Å². The molecular formula is C14H16N2O3S. The molecule has 2 rings (SSSR count). The highest BCUT2D eigenvalue weighted by Crippen LogP contribution is 2.46. The molecule has 1 aromatic rings. The molecule has 0 atom stereocenters. The van der Waals surface area contributed by atoms with Crippen LogP contribution < -0.4 is 5.32 Å². The van der Waals surface area contributed by atoms with Crippen molar-refractivity contribution in [2.45, 2.75) is 17.6 Å². The summed E-state index contributed by atoms with van der Waals surface area (Å²) in [6.07, 6.45) is 9.74. The number of nitrogens with zero attached hydrogens (tertiary/aromatic N) is 1. The van der Waals surface area contributed by atoms with Crippen molar-refractivity contribution in [3.63, 3.8) is 0 Å². The highest BCUT2D eigenvalue weighted by molar-refractivity contribution is 8.00. The largest absolute Gasteiger partial charge is 0.478 e. The first-order valence-corrected chi connectivity index (χ1v) is 7.46. The van der Waals surface area contributed by atoms with Crippen LogP contribution in [0.4, 0.5) is 0 Å². The Morgan fingerprint density at radius 1 is 1.50 bits per heavy atom. The molecule has 0 saturated heterocycles. The number of rotatable bonds is 6. The molecule has 1 aliphatic carbocycles. The molecule has 1 heterocycles. The molecule has 2 N–H and O–H groups in total. The van der Waals surface area contributed by atoms with E-state index in [9.17, 15) is 9.59 Å². The molecule has 0 radical (unpaired) electrons. The van der Waals surface area contributed by atoms with Gasteiger partial charge in [0.2, 0.25) is 0 Å². The third kappa shape index (κ3) is 3.84. The van der Waals surface area contributed by atoms with Gasteiger partial charge in [0.25, 0.3) is 5.91 Å². The minimum Gasteiger partial charge on any atom is -0.478 e. The zero-order chi connectivity index (χ0) is 14.6. The van der Waals surface area contributed by atoms with Gasteiger partial charge in [0, 0.05) is 29.8 Å². The van der Waals surface area contributed by atoms with Crippen LogP contribution in [0.15, 0.2) is 24.5 Å². The lowest BCUT2D eigenvalue weighted by Gasteiger charge is -2.12. The Labute approximate surface area is 121 Å². The lowest BCUT2D eigenvalue weighted by atomic mass is 10.2. The van der Waals surface area contributed by atoms with Crippen molar-refractivity contribution in [3.8, 4) is 0 Å². The van der Waals surface area contributed by atoms with Gasteiger partial charge >= 0.3 is 5.97 Å². The van der Waals surface area contributed by atoms with Gasteiger partial charge in [0.05, 0.1) is 5.56 Å². The van der Waals surface area contributed by atoms with Gasteiger partial charge in [-0.2, -0.15) is 11.8 Å². The van der Waals surface area contributed by atoms with Gasteiger partial charge in [-0.3, -0.25) is 9.78 Å². The molecule has 6 heteroatoms. The van der Waals surface area contributed by atoms with Gasteiger partial charge < -0.3 is 10.4 Å². The van der Waals surface area contributed by atoms with Crippen LogP contribution in [0.5, 0.6) is 0 Å². The molecule has 20 heavy (non-hydrogen) atoms. The smallest absolute Gasteiger partial charge is 0.328 e. The molecule has 106 valence electrons. The van der Waals surface area contributed by atoms with Crippen molar-refractivity contribution in [1.82, 2.24) is 10.3 Å². The molecule has 1 saturated carbocycles. The second-order valence-corrected chi connectivity index (χ2v) is 6.02. The monoisotopic (exact) mass is 292 g/mol. The molecule has 0 bridgehead atoms. The van der Waals surface area contributed by atoms with E-state index < -0.39 is 5.97 Å². The zero-order valence-corrected chi connectivity index (χ0v) is 11.9. The fraction of sp³-hybridized carbons (Fsp3) is 0.357. The highest BCUT2D eigenvalue weighted by atomic mass is 32.2. The molecule has 0 aromatic carbocycles. The number of thioether (sulfide) groups is 1. The summed E-state index contributed by atoms with van der Waals surface area (Å²) in [4.78, 5) is 26.4. The summed E-state index contributed by atoms with van der Waals surface area (Å²) in [6.45, 7) is 0.655. The maximum Gasteiger partial charge on any atom is 0.328 e. The number of nitrogens with one attached hydrogen (secondary N) is 1. The van der Waals surface area contributed by atoms with E-state index in [0.29, 0.717) is 17.7 Å².